The predicted octanol–water partition coefficient (Wildman–Crippen LogP) is 5.08. The Morgan fingerprint density at radius 3 is 2.53 bits per heavy atom. The zero-order valence-electron chi connectivity index (χ0n) is 17.1. The summed E-state index contributed by atoms with van der Waals surface area (Å²) in [5.41, 5.74) is 2.41. The molecule has 1 aromatic carbocycles. The number of rotatable bonds is 3. The minimum atomic E-state index is -4.41. The lowest BCUT2D eigenvalue weighted by Gasteiger charge is -2.28. The predicted molar refractivity (Wildman–Crippen MR) is 112 cm³/mol. The lowest BCUT2D eigenvalue weighted by Crippen LogP contribution is -2.31. The Balaban J connectivity index is 1.59. The maximum absolute atomic E-state index is 13.0. The van der Waals surface area contributed by atoms with E-state index in [0.717, 1.165) is 24.2 Å². The van der Waals surface area contributed by atoms with Crippen molar-refractivity contribution in [2.24, 2.45) is 0 Å². The van der Waals surface area contributed by atoms with E-state index in [1.165, 1.54) is 17.7 Å². The number of fused-ring (bicyclic) bond motifs is 1. The molecule has 5 rings (SSSR count). The van der Waals surface area contributed by atoms with Crippen molar-refractivity contribution in [1.82, 2.24) is 19.9 Å². The van der Waals surface area contributed by atoms with Crippen LogP contribution < -0.4 is 4.90 Å². The summed E-state index contributed by atoms with van der Waals surface area (Å²) in [6.07, 6.45) is -0.267. The third-order valence-electron chi connectivity index (χ3n) is 5.35. The average Bonchev–Trinajstić information content (AvgIpc) is 3.24. The van der Waals surface area contributed by atoms with Gasteiger partial charge in [0.2, 0.25) is 5.89 Å². The molecule has 0 amide bonds. The van der Waals surface area contributed by atoms with Crippen LogP contribution in [0.3, 0.4) is 0 Å². The molecule has 6 nitrogen and oxygen atoms in total. The molecule has 0 aliphatic carbocycles. The quantitative estimate of drug-likeness (QED) is 0.445. The van der Waals surface area contributed by atoms with Crippen molar-refractivity contribution in [3.8, 4) is 22.9 Å². The van der Waals surface area contributed by atoms with Gasteiger partial charge in [0.05, 0.1) is 17.8 Å². The Labute approximate surface area is 181 Å². The van der Waals surface area contributed by atoms with E-state index in [9.17, 15) is 13.2 Å². The molecule has 0 atom stereocenters. The van der Waals surface area contributed by atoms with Crippen LogP contribution >= 0.6 is 0 Å². The fourth-order valence-electron chi connectivity index (χ4n) is 3.75. The number of hydrogen-bond acceptors (Lipinski definition) is 6. The van der Waals surface area contributed by atoms with Crippen LogP contribution in [0.2, 0.25) is 0 Å². The number of hydrogen-bond donors (Lipinski definition) is 0. The topological polar surface area (TPSA) is 67.9 Å². The standard InChI is InChI=1S/C23H18F3N5O/c1-14-27-11-8-18(29-14)22-30-21(31-12-9-15-3-2-10-28-19(15)13-31)20(32-22)16-4-6-17(7-5-16)23(24,25)26/h2-8,10-11H,9,12-13H2,1H3. The van der Waals surface area contributed by atoms with Gasteiger partial charge < -0.3 is 9.32 Å². The van der Waals surface area contributed by atoms with Gasteiger partial charge in [-0.05, 0) is 43.2 Å². The maximum Gasteiger partial charge on any atom is 0.416 e. The summed E-state index contributed by atoms with van der Waals surface area (Å²) >= 11 is 0. The van der Waals surface area contributed by atoms with Gasteiger partial charge in [-0.25, -0.2) is 9.97 Å². The smallest absolute Gasteiger partial charge is 0.416 e. The summed E-state index contributed by atoms with van der Waals surface area (Å²) in [4.78, 5) is 19.6. The highest BCUT2D eigenvalue weighted by atomic mass is 19.4. The fourth-order valence-corrected chi connectivity index (χ4v) is 3.75. The van der Waals surface area contributed by atoms with E-state index >= 15 is 0 Å². The van der Waals surface area contributed by atoms with Crippen LogP contribution in [0.5, 0.6) is 0 Å². The molecule has 0 N–H and O–H groups in total. The molecular formula is C23H18F3N5O. The number of nitrogens with zero attached hydrogens (tertiary/aromatic N) is 5. The number of aromatic nitrogens is 4. The Kier molecular flexibility index (Phi) is 4.88. The summed E-state index contributed by atoms with van der Waals surface area (Å²) in [5.74, 6) is 1.79. The minimum absolute atomic E-state index is 0.284. The molecule has 9 heteroatoms. The number of oxazole rings is 1. The molecule has 0 unspecified atom stereocenters. The van der Waals surface area contributed by atoms with E-state index in [-0.39, 0.29) is 5.89 Å². The van der Waals surface area contributed by atoms with Crippen molar-refractivity contribution in [2.45, 2.75) is 26.1 Å². The van der Waals surface area contributed by atoms with Crippen molar-refractivity contribution >= 4 is 5.82 Å². The second kappa shape index (κ2) is 7.74. The zero-order chi connectivity index (χ0) is 22.3. The average molecular weight is 437 g/mol. The van der Waals surface area contributed by atoms with Gasteiger partial charge in [-0.2, -0.15) is 18.2 Å². The number of aryl methyl sites for hydroxylation is 1. The molecule has 0 saturated carbocycles. The van der Waals surface area contributed by atoms with Gasteiger partial charge >= 0.3 is 6.18 Å². The van der Waals surface area contributed by atoms with Gasteiger partial charge in [0.25, 0.3) is 0 Å². The number of anilines is 1. The van der Waals surface area contributed by atoms with E-state index in [0.29, 0.717) is 41.7 Å². The maximum atomic E-state index is 13.0. The van der Waals surface area contributed by atoms with Crippen molar-refractivity contribution in [3.05, 3.63) is 77.5 Å². The van der Waals surface area contributed by atoms with E-state index in [1.807, 2.05) is 17.0 Å². The Morgan fingerprint density at radius 2 is 1.78 bits per heavy atom. The highest BCUT2D eigenvalue weighted by Crippen LogP contribution is 2.38. The number of pyridine rings is 1. The van der Waals surface area contributed by atoms with Gasteiger partial charge in [0.1, 0.15) is 11.5 Å². The van der Waals surface area contributed by atoms with Gasteiger partial charge in [0.15, 0.2) is 11.6 Å². The number of benzene rings is 1. The van der Waals surface area contributed by atoms with Crippen LogP contribution in [0, 0.1) is 6.92 Å². The summed E-state index contributed by atoms with van der Waals surface area (Å²) in [7, 11) is 0. The molecule has 0 spiro atoms. The summed E-state index contributed by atoms with van der Waals surface area (Å²) < 4.78 is 45.2. The van der Waals surface area contributed by atoms with Gasteiger partial charge in [-0.3, -0.25) is 4.98 Å². The van der Waals surface area contributed by atoms with E-state index < -0.39 is 11.7 Å². The van der Waals surface area contributed by atoms with Crippen LogP contribution in [-0.4, -0.2) is 26.5 Å². The molecule has 0 saturated heterocycles. The van der Waals surface area contributed by atoms with Crippen molar-refractivity contribution in [2.75, 3.05) is 11.4 Å². The minimum Gasteiger partial charge on any atom is -0.432 e. The molecule has 4 heterocycles. The van der Waals surface area contributed by atoms with Crippen LogP contribution in [0.15, 0.2) is 59.3 Å². The van der Waals surface area contributed by atoms with Crippen molar-refractivity contribution < 1.29 is 17.6 Å². The first-order valence-electron chi connectivity index (χ1n) is 10.0. The molecule has 1 aliphatic heterocycles. The van der Waals surface area contributed by atoms with Crippen LogP contribution in [-0.2, 0) is 19.1 Å². The molecule has 162 valence electrons. The zero-order valence-corrected chi connectivity index (χ0v) is 17.1. The van der Waals surface area contributed by atoms with Crippen molar-refractivity contribution in [3.63, 3.8) is 0 Å². The monoisotopic (exact) mass is 437 g/mol. The second-order valence-corrected chi connectivity index (χ2v) is 7.52. The van der Waals surface area contributed by atoms with Crippen molar-refractivity contribution in [1.29, 1.82) is 0 Å². The van der Waals surface area contributed by atoms with E-state index in [1.54, 1.807) is 25.4 Å². The molecule has 0 fully saturated rings. The molecule has 0 radical (unpaired) electrons. The van der Waals surface area contributed by atoms with Gasteiger partial charge in [-0.15, -0.1) is 0 Å². The van der Waals surface area contributed by atoms with Crippen LogP contribution in [0.4, 0.5) is 19.0 Å². The molecule has 0 bridgehead atoms. The second-order valence-electron chi connectivity index (χ2n) is 7.52. The molecule has 3 aromatic heterocycles. The lowest BCUT2D eigenvalue weighted by molar-refractivity contribution is -0.137. The number of halogens is 3. The third kappa shape index (κ3) is 3.81. The SMILES string of the molecule is Cc1nccc(-c2nc(N3CCc4cccnc4C3)c(-c3ccc(C(F)(F)F)cc3)o2)n1. The summed E-state index contributed by atoms with van der Waals surface area (Å²) in [6, 6.07) is 10.5. The largest absolute Gasteiger partial charge is 0.432 e. The highest BCUT2D eigenvalue weighted by molar-refractivity contribution is 5.74. The van der Waals surface area contributed by atoms with E-state index in [4.69, 9.17) is 4.42 Å². The first-order valence-corrected chi connectivity index (χ1v) is 10.0. The Bertz CT molecular complexity index is 1270. The molecule has 4 aromatic rings. The fraction of sp³-hybridized carbons (Fsp3) is 0.217. The lowest BCUT2D eigenvalue weighted by atomic mass is 10.0. The highest BCUT2D eigenvalue weighted by Gasteiger charge is 2.31. The van der Waals surface area contributed by atoms with Gasteiger partial charge in [-0.1, -0.05) is 18.2 Å². The summed E-state index contributed by atoms with van der Waals surface area (Å²) in [5, 5.41) is 0. The molecule has 1 aliphatic rings. The first-order chi connectivity index (χ1) is 15.4. The van der Waals surface area contributed by atoms with E-state index in [2.05, 4.69) is 19.9 Å². The third-order valence-corrected chi connectivity index (χ3v) is 5.35. The normalized spacial score (nSPS) is 13.8. The Morgan fingerprint density at radius 1 is 0.969 bits per heavy atom. The Hall–Kier alpha value is -3.75. The summed E-state index contributed by atoms with van der Waals surface area (Å²) in [6.45, 7) is 2.97. The van der Waals surface area contributed by atoms with Gasteiger partial charge in [0, 0.05) is 24.5 Å². The molecular weight excluding hydrogens is 419 g/mol. The number of alkyl halides is 3. The first kappa shape index (κ1) is 20.2. The van der Waals surface area contributed by atoms with Crippen LogP contribution in [0.1, 0.15) is 22.6 Å². The van der Waals surface area contributed by atoms with Crippen LogP contribution in [0.25, 0.3) is 22.9 Å². The molecule has 32 heavy (non-hydrogen) atoms.